The molecule has 3 heteroatoms. The van der Waals surface area contributed by atoms with E-state index in [9.17, 15) is 4.79 Å². The third-order valence-corrected chi connectivity index (χ3v) is 0.860. The van der Waals surface area contributed by atoms with Crippen LogP contribution in [0.15, 0.2) is 5.10 Å². The smallest absolute Gasteiger partial charge is 0.175 e. The van der Waals surface area contributed by atoms with Gasteiger partial charge < -0.3 is 5.01 Å². The molecule has 0 aromatic carbocycles. The summed E-state index contributed by atoms with van der Waals surface area (Å²) in [7, 11) is 3.57. The Morgan fingerprint density at radius 3 is 1.89 bits per heavy atom. The molecule has 0 atom stereocenters. The van der Waals surface area contributed by atoms with Gasteiger partial charge in [0.25, 0.3) is 0 Å². The highest BCUT2D eigenvalue weighted by atomic mass is 16.1. The molecule has 0 N–H and O–H groups in total. The molecule has 52 valence electrons. The van der Waals surface area contributed by atoms with Gasteiger partial charge >= 0.3 is 0 Å². The molecule has 3 nitrogen and oxygen atoms in total. The fourth-order valence-electron chi connectivity index (χ4n) is 0.370. The van der Waals surface area contributed by atoms with Crippen LogP contribution in [0, 0.1) is 0 Å². The molecule has 0 unspecified atom stereocenters. The number of hydrazone groups is 1. The van der Waals surface area contributed by atoms with Crippen molar-refractivity contribution in [3.8, 4) is 0 Å². The molecule has 0 saturated carbocycles. The summed E-state index contributed by atoms with van der Waals surface area (Å²) in [5, 5.41) is 5.49. The minimum Gasteiger partial charge on any atom is -0.303 e. The van der Waals surface area contributed by atoms with Crippen molar-refractivity contribution in [3.05, 3.63) is 0 Å². The molecule has 0 radical (unpaired) electrons. The average Bonchev–Trinajstić information content (AvgIpc) is 1.63. The zero-order valence-electron chi connectivity index (χ0n) is 6.30. The molecule has 0 spiro atoms. The zero-order chi connectivity index (χ0) is 7.44. The van der Waals surface area contributed by atoms with E-state index in [2.05, 4.69) is 5.10 Å². The molecule has 0 bridgehead atoms. The first-order valence-corrected chi connectivity index (χ1v) is 2.77. The van der Waals surface area contributed by atoms with Crippen molar-refractivity contribution in [3.63, 3.8) is 0 Å². The van der Waals surface area contributed by atoms with Crippen molar-refractivity contribution >= 4 is 11.5 Å². The number of hydrogen-bond donors (Lipinski definition) is 0. The van der Waals surface area contributed by atoms with E-state index >= 15 is 0 Å². The monoisotopic (exact) mass is 128 g/mol. The molecule has 0 rings (SSSR count). The molecule has 0 aromatic heterocycles. The Morgan fingerprint density at radius 2 is 1.78 bits per heavy atom. The number of hydrogen-bond acceptors (Lipinski definition) is 3. The van der Waals surface area contributed by atoms with Crippen LogP contribution < -0.4 is 0 Å². The lowest BCUT2D eigenvalue weighted by atomic mass is 10.3. The molecule has 0 aromatic rings. The van der Waals surface area contributed by atoms with Crippen LogP contribution in [0.25, 0.3) is 0 Å². The molecule has 0 fully saturated rings. The number of nitrogens with zero attached hydrogens (tertiary/aromatic N) is 2. The molecular formula is C6H12N2O. The van der Waals surface area contributed by atoms with Crippen molar-refractivity contribution in [2.45, 2.75) is 13.8 Å². The van der Waals surface area contributed by atoms with E-state index in [4.69, 9.17) is 0 Å². The molecule has 0 heterocycles. The van der Waals surface area contributed by atoms with Crippen LogP contribution in [0.4, 0.5) is 0 Å². The van der Waals surface area contributed by atoms with Crippen LogP contribution >= 0.6 is 0 Å². The van der Waals surface area contributed by atoms with Crippen LogP contribution in [-0.4, -0.2) is 30.6 Å². The normalized spacial score (nSPS) is 11.3. The van der Waals surface area contributed by atoms with Gasteiger partial charge in [0, 0.05) is 21.0 Å². The zero-order valence-corrected chi connectivity index (χ0v) is 6.30. The summed E-state index contributed by atoms with van der Waals surface area (Å²) < 4.78 is 0. The van der Waals surface area contributed by atoms with E-state index in [0.29, 0.717) is 5.71 Å². The first-order valence-electron chi connectivity index (χ1n) is 2.77. The topological polar surface area (TPSA) is 32.7 Å². The van der Waals surface area contributed by atoms with Crippen LogP contribution in [0.1, 0.15) is 13.8 Å². The van der Waals surface area contributed by atoms with Gasteiger partial charge in [0.2, 0.25) is 0 Å². The Hall–Kier alpha value is -0.860. The summed E-state index contributed by atoms with van der Waals surface area (Å²) in [6.45, 7) is 3.20. The maximum absolute atomic E-state index is 10.5. The highest BCUT2D eigenvalue weighted by Gasteiger charge is 1.96. The molecule has 9 heavy (non-hydrogen) atoms. The van der Waals surface area contributed by atoms with Gasteiger partial charge in [-0.2, -0.15) is 5.10 Å². The second-order valence-electron chi connectivity index (χ2n) is 2.09. The van der Waals surface area contributed by atoms with Gasteiger partial charge in [0.1, 0.15) is 0 Å². The quantitative estimate of drug-likeness (QED) is 0.401. The molecule has 0 aliphatic rings. The Balaban J connectivity index is 4.00. The minimum atomic E-state index is 0.0173. The van der Waals surface area contributed by atoms with Gasteiger partial charge in [-0.05, 0) is 6.92 Å². The molecular weight excluding hydrogens is 116 g/mol. The van der Waals surface area contributed by atoms with E-state index in [1.165, 1.54) is 6.92 Å². The fourth-order valence-corrected chi connectivity index (χ4v) is 0.370. The summed E-state index contributed by atoms with van der Waals surface area (Å²) >= 11 is 0. The van der Waals surface area contributed by atoms with Gasteiger partial charge in [-0.3, -0.25) is 4.79 Å². The predicted molar refractivity (Wildman–Crippen MR) is 37.5 cm³/mol. The van der Waals surface area contributed by atoms with Crippen molar-refractivity contribution in [1.82, 2.24) is 5.01 Å². The highest BCUT2D eigenvalue weighted by molar-refractivity contribution is 6.37. The van der Waals surface area contributed by atoms with E-state index < -0.39 is 0 Å². The standard InChI is InChI=1S/C6H12N2O/c1-5(6(2)9)7-8(3)4/h1-4H3/b7-5-. The number of carbonyl (C=O) groups excluding carboxylic acids is 1. The maximum atomic E-state index is 10.5. The number of carbonyl (C=O) groups is 1. The van der Waals surface area contributed by atoms with Gasteiger partial charge in [0.05, 0.1) is 5.71 Å². The van der Waals surface area contributed by atoms with Gasteiger partial charge in [-0.1, -0.05) is 0 Å². The van der Waals surface area contributed by atoms with E-state index in [1.54, 1.807) is 26.0 Å². The molecule has 0 saturated heterocycles. The molecule has 0 amide bonds. The SMILES string of the molecule is CC(=O)/C(C)=N\N(C)C. The Kier molecular flexibility index (Phi) is 2.91. The Morgan fingerprint density at radius 1 is 1.33 bits per heavy atom. The number of Topliss-reactive ketones (excluding diaryl/α,β-unsaturated/α-hetero) is 1. The summed E-state index contributed by atoms with van der Waals surface area (Å²) in [5.74, 6) is 0.0173. The van der Waals surface area contributed by atoms with Crippen molar-refractivity contribution in [1.29, 1.82) is 0 Å². The van der Waals surface area contributed by atoms with E-state index in [1.807, 2.05) is 0 Å². The van der Waals surface area contributed by atoms with Gasteiger partial charge in [0.15, 0.2) is 5.78 Å². The van der Waals surface area contributed by atoms with Crippen LogP contribution in [0.2, 0.25) is 0 Å². The lowest BCUT2D eigenvalue weighted by Crippen LogP contribution is -2.11. The largest absolute Gasteiger partial charge is 0.303 e. The Bertz CT molecular complexity index is 138. The highest BCUT2D eigenvalue weighted by Crippen LogP contribution is 1.81. The van der Waals surface area contributed by atoms with Gasteiger partial charge in [-0.25, -0.2) is 0 Å². The number of ketones is 1. The first kappa shape index (κ1) is 8.14. The lowest BCUT2D eigenvalue weighted by Gasteiger charge is -2.03. The van der Waals surface area contributed by atoms with Crippen LogP contribution in [0.3, 0.4) is 0 Å². The van der Waals surface area contributed by atoms with E-state index in [-0.39, 0.29) is 5.78 Å². The summed E-state index contributed by atoms with van der Waals surface area (Å²) in [5.41, 5.74) is 0.542. The summed E-state index contributed by atoms with van der Waals surface area (Å²) in [6.07, 6.45) is 0. The van der Waals surface area contributed by atoms with Crippen molar-refractivity contribution in [2.75, 3.05) is 14.1 Å². The third-order valence-electron chi connectivity index (χ3n) is 0.860. The maximum Gasteiger partial charge on any atom is 0.175 e. The first-order chi connectivity index (χ1) is 4.04. The lowest BCUT2D eigenvalue weighted by molar-refractivity contribution is -0.111. The Labute approximate surface area is 55.4 Å². The second kappa shape index (κ2) is 3.22. The third kappa shape index (κ3) is 3.70. The van der Waals surface area contributed by atoms with Crippen molar-refractivity contribution in [2.24, 2.45) is 5.10 Å². The second-order valence-corrected chi connectivity index (χ2v) is 2.09. The molecule has 0 aliphatic carbocycles. The average molecular weight is 128 g/mol. The number of rotatable bonds is 2. The molecule has 0 aliphatic heterocycles. The minimum absolute atomic E-state index is 0.0173. The van der Waals surface area contributed by atoms with Gasteiger partial charge in [-0.15, -0.1) is 0 Å². The van der Waals surface area contributed by atoms with E-state index in [0.717, 1.165) is 0 Å². The fraction of sp³-hybridized carbons (Fsp3) is 0.667. The van der Waals surface area contributed by atoms with Crippen LogP contribution in [0.5, 0.6) is 0 Å². The van der Waals surface area contributed by atoms with Crippen LogP contribution in [-0.2, 0) is 4.79 Å². The van der Waals surface area contributed by atoms with Crippen molar-refractivity contribution < 1.29 is 4.79 Å². The summed E-state index contributed by atoms with van der Waals surface area (Å²) in [4.78, 5) is 10.5. The predicted octanol–water partition coefficient (Wildman–Crippen LogP) is 0.513. The summed E-state index contributed by atoms with van der Waals surface area (Å²) in [6, 6.07) is 0.